The maximum Gasteiger partial charge on any atom is 0.151 e. The summed E-state index contributed by atoms with van der Waals surface area (Å²) in [5.74, 6) is 1.31. The molecule has 1 aromatic heterocycles. The van der Waals surface area contributed by atoms with E-state index in [0.29, 0.717) is 11.8 Å². The van der Waals surface area contributed by atoms with Gasteiger partial charge in [0.05, 0.1) is 0 Å². The van der Waals surface area contributed by atoms with E-state index < -0.39 is 0 Å². The number of nitrogens with one attached hydrogen (secondary N) is 1. The molecule has 2 aromatic rings. The zero-order chi connectivity index (χ0) is 16.1. The molecule has 1 aliphatic heterocycles. The van der Waals surface area contributed by atoms with E-state index in [1.165, 1.54) is 0 Å². The van der Waals surface area contributed by atoms with E-state index in [0.717, 1.165) is 43.7 Å². The predicted molar refractivity (Wildman–Crippen MR) is 91.5 cm³/mol. The fourth-order valence-electron chi connectivity index (χ4n) is 3.28. The second-order valence-electron chi connectivity index (χ2n) is 6.05. The summed E-state index contributed by atoms with van der Waals surface area (Å²) in [7, 11) is 0. The molecule has 0 amide bonds. The Kier molecular flexibility index (Phi) is 5.08. The van der Waals surface area contributed by atoms with Crippen molar-refractivity contribution in [2.75, 3.05) is 18.0 Å². The topological polar surface area (TPSA) is 61.3 Å². The Hall–Kier alpha value is -2.14. The number of nitrogens with zero attached hydrogens (tertiary/aromatic N) is 3. The lowest BCUT2D eigenvalue weighted by atomic mass is 9.99. The number of piperidine rings is 1. The lowest BCUT2D eigenvalue weighted by molar-refractivity contribution is 0.361. The molecule has 2 heterocycles. The van der Waals surface area contributed by atoms with Crippen LogP contribution in [0.3, 0.4) is 0 Å². The number of anilines is 1. The molecular formula is C18H24N4O. The van der Waals surface area contributed by atoms with Crippen LogP contribution in [0.15, 0.2) is 42.6 Å². The first-order chi connectivity index (χ1) is 11.3. The summed E-state index contributed by atoms with van der Waals surface area (Å²) in [5.41, 5.74) is 0.978. The lowest BCUT2D eigenvalue weighted by Crippen LogP contribution is -2.47. The normalized spacial score (nSPS) is 19.5. The van der Waals surface area contributed by atoms with E-state index in [9.17, 15) is 5.11 Å². The second-order valence-corrected chi connectivity index (χ2v) is 6.05. The SMILES string of the molecule is CC[C@@H](N[C@H]1CCCN(c2cccnn2)C1)c1ccccc1O. The third-order valence-corrected chi connectivity index (χ3v) is 4.46. The number of phenols is 1. The highest BCUT2D eigenvalue weighted by Crippen LogP contribution is 2.27. The molecule has 0 spiro atoms. The summed E-state index contributed by atoms with van der Waals surface area (Å²) in [6.45, 7) is 4.08. The predicted octanol–water partition coefficient (Wildman–Crippen LogP) is 2.89. The molecule has 0 saturated carbocycles. The molecule has 0 unspecified atom stereocenters. The smallest absolute Gasteiger partial charge is 0.151 e. The average molecular weight is 312 g/mol. The molecule has 1 aromatic carbocycles. The minimum absolute atomic E-state index is 0.169. The van der Waals surface area contributed by atoms with Crippen molar-refractivity contribution in [2.45, 2.75) is 38.3 Å². The quantitative estimate of drug-likeness (QED) is 0.889. The van der Waals surface area contributed by atoms with Crippen molar-refractivity contribution >= 4 is 5.82 Å². The molecule has 0 aliphatic carbocycles. The van der Waals surface area contributed by atoms with Crippen LogP contribution in [-0.4, -0.2) is 34.4 Å². The van der Waals surface area contributed by atoms with Crippen LogP contribution in [0.4, 0.5) is 5.82 Å². The summed E-state index contributed by atoms with van der Waals surface area (Å²) in [6.07, 6.45) is 4.92. The number of hydrogen-bond donors (Lipinski definition) is 2. The van der Waals surface area contributed by atoms with Crippen LogP contribution in [-0.2, 0) is 0 Å². The number of aromatic nitrogens is 2. The van der Waals surface area contributed by atoms with Crippen molar-refractivity contribution in [2.24, 2.45) is 0 Å². The Balaban J connectivity index is 1.68. The van der Waals surface area contributed by atoms with Gasteiger partial charge in [-0.15, -0.1) is 5.10 Å². The van der Waals surface area contributed by atoms with Crippen molar-refractivity contribution in [1.82, 2.24) is 15.5 Å². The molecule has 5 heteroatoms. The van der Waals surface area contributed by atoms with E-state index in [4.69, 9.17) is 0 Å². The fraction of sp³-hybridized carbons (Fsp3) is 0.444. The Morgan fingerprint density at radius 2 is 2.17 bits per heavy atom. The van der Waals surface area contributed by atoms with Gasteiger partial charge in [0.2, 0.25) is 0 Å². The van der Waals surface area contributed by atoms with Gasteiger partial charge in [0.15, 0.2) is 5.82 Å². The van der Waals surface area contributed by atoms with E-state index in [2.05, 4.69) is 27.3 Å². The average Bonchev–Trinajstić information content (AvgIpc) is 2.61. The van der Waals surface area contributed by atoms with Gasteiger partial charge < -0.3 is 15.3 Å². The van der Waals surface area contributed by atoms with Gasteiger partial charge in [-0.25, -0.2) is 0 Å². The molecule has 0 radical (unpaired) electrons. The van der Waals surface area contributed by atoms with Crippen molar-refractivity contribution in [3.63, 3.8) is 0 Å². The zero-order valence-electron chi connectivity index (χ0n) is 13.5. The molecule has 23 heavy (non-hydrogen) atoms. The number of phenolic OH excluding ortho intramolecular Hbond substituents is 1. The fourth-order valence-corrected chi connectivity index (χ4v) is 3.28. The van der Waals surface area contributed by atoms with E-state index >= 15 is 0 Å². The largest absolute Gasteiger partial charge is 0.508 e. The second kappa shape index (κ2) is 7.42. The molecule has 122 valence electrons. The van der Waals surface area contributed by atoms with E-state index in [1.54, 1.807) is 12.3 Å². The Bertz CT molecular complexity index is 619. The molecule has 2 atom stereocenters. The van der Waals surface area contributed by atoms with Crippen LogP contribution in [0, 0.1) is 0 Å². The highest BCUT2D eigenvalue weighted by atomic mass is 16.3. The molecule has 1 aliphatic rings. The van der Waals surface area contributed by atoms with Gasteiger partial charge in [0.25, 0.3) is 0 Å². The molecule has 1 saturated heterocycles. The van der Waals surface area contributed by atoms with Crippen molar-refractivity contribution in [3.8, 4) is 5.75 Å². The Morgan fingerprint density at radius 1 is 1.30 bits per heavy atom. The van der Waals surface area contributed by atoms with Crippen LogP contribution in [0.2, 0.25) is 0 Å². The van der Waals surface area contributed by atoms with Gasteiger partial charge in [0, 0.05) is 36.9 Å². The van der Waals surface area contributed by atoms with E-state index in [-0.39, 0.29) is 6.04 Å². The number of hydrogen-bond acceptors (Lipinski definition) is 5. The molecule has 1 fully saturated rings. The van der Waals surface area contributed by atoms with Crippen molar-refractivity contribution in [1.29, 1.82) is 0 Å². The summed E-state index contributed by atoms with van der Waals surface area (Å²) in [4.78, 5) is 2.28. The summed E-state index contributed by atoms with van der Waals surface area (Å²) in [6, 6.07) is 12.1. The summed E-state index contributed by atoms with van der Waals surface area (Å²) >= 11 is 0. The molecule has 2 N–H and O–H groups in total. The Morgan fingerprint density at radius 3 is 2.91 bits per heavy atom. The van der Waals surface area contributed by atoms with Crippen LogP contribution in [0.1, 0.15) is 37.8 Å². The standard InChI is InChI=1S/C18H24N4O/c1-2-16(15-8-3-4-9-17(15)23)20-14-7-6-12-22(13-14)18-10-5-11-19-21-18/h3-5,8-11,14,16,20,23H,2,6-7,12-13H2,1H3/t14-,16+/m0/s1. The first-order valence-electron chi connectivity index (χ1n) is 8.34. The first kappa shape index (κ1) is 15.7. The van der Waals surface area contributed by atoms with Crippen LogP contribution in [0.25, 0.3) is 0 Å². The third kappa shape index (κ3) is 3.79. The number of benzene rings is 1. The van der Waals surface area contributed by atoms with Crippen LogP contribution >= 0.6 is 0 Å². The van der Waals surface area contributed by atoms with Crippen LogP contribution in [0.5, 0.6) is 5.75 Å². The highest BCUT2D eigenvalue weighted by molar-refractivity contribution is 5.38. The first-order valence-corrected chi connectivity index (χ1v) is 8.34. The zero-order valence-corrected chi connectivity index (χ0v) is 13.5. The highest BCUT2D eigenvalue weighted by Gasteiger charge is 2.24. The summed E-state index contributed by atoms with van der Waals surface area (Å²) in [5, 5.41) is 22.0. The maximum absolute atomic E-state index is 10.1. The third-order valence-electron chi connectivity index (χ3n) is 4.46. The maximum atomic E-state index is 10.1. The number of para-hydroxylation sites is 1. The monoisotopic (exact) mass is 312 g/mol. The summed E-state index contributed by atoms with van der Waals surface area (Å²) < 4.78 is 0. The van der Waals surface area contributed by atoms with Crippen LogP contribution < -0.4 is 10.2 Å². The molecule has 3 rings (SSSR count). The number of aromatic hydroxyl groups is 1. The lowest BCUT2D eigenvalue weighted by Gasteiger charge is -2.36. The number of rotatable bonds is 5. The van der Waals surface area contributed by atoms with Gasteiger partial charge in [-0.2, -0.15) is 5.10 Å². The van der Waals surface area contributed by atoms with Gasteiger partial charge in [-0.05, 0) is 37.5 Å². The van der Waals surface area contributed by atoms with Crippen molar-refractivity contribution in [3.05, 3.63) is 48.2 Å². The van der Waals surface area contributed by atoms with E-state index in [1.807, 2.05) is 30.3 Å². The molecule has 0 bridgehead atoms. The minimum Gasteiger partial charge on any atom is -0.508 e. The van der Waals surface area contributed by atoms with Gasteiger partial charge in [-0.1, -0.05) is 25.1 Å². The molecule has 5 nitrogen and oxygen atoms in total. The van der Waals surface area contributed by atoms with Gasteiger partial charge in [0.1, 0.15) is 5.75 Å². The van der Waals surface area contributed by atoms with Gasteiger partial charge >= 0.3 is 0 Å². The minimum atomic E-state index is 0.169. The van der Waals surface area contributed by atoms with Crippen molar-refractivity contribution < 1.29 is 5.11 Å². The Labute approximate surface area is 137 Å². The molecular weight excluding hydrogens is 288 g/mol. The van der Waals surface area contributed by atoms with Gasteiger partial charge in [-0.3, -0.25) is 0 Å².